The molecule has 0 N–H and O–H groups in total. The van der Waals surface area contributed by atoms with Crippen molar-refractivity contribution in [1.82, 2.24) is 0 Å². The maximum Gasteiger partial charge on any atom is 0.171 e. The number of rotatable bonds is 2. The monoisotopic (exact) mass is 170 g/mol. The first-order valence-corrected chi connectivity index (χ1v) is 4.59. The molecule has 1 aliphatic carbocycles. The Morgan fingerprint density at radius 1 is 1.42 bits per heavy atom. The average Bonchev–Trinajstić information content (AvgIpc) is 2.66. The molecule has 0 aromatic carbocycles. The predicted octanol–water partition coefficient (Wildman–Crippen LogP) is 1.12. The summed E-state index contributed by atoms with van der Waals surface area (Å²) in [6.07, 6.45) is 4.71. The van der Waals surface area contributed by atoms with Crippen molar-refractivity contribution >= 4 is 6.29 Å². The number of ether oxygens (including phenoxy) is 2. The Morgan fingerprint density at radius 2 is 2.17 bits per heavy atom. The van der Waals surface area contributed by atoms with E-state index in [9.17, 15) is 4.79 Å². The van der Waals surface area contributed by atoms with Crippen molar-refractivity contribution in [3.63, 3.8) is 0 Å². The second-order valence-electron chi connectivity index (χ2n) is 3.50. The van der Waals surface area contributed by atoms with Crippen LogP contribution < -0.4 is 0 Å². The van der Waals surface area contributed by atoms with Gasteiger partial charge in [0.25, 0.3) is 0 Å². The molecule has 1 heterocycles. The third-order valence-corrected chi connectivity index (χ3v) is 2.86. The molecular formula is C9H14O3. The molecule has 2 fully saturated rings. The molecule has 1 spiro atoms. The topological polar surface area (TPSA) is 35.5 Å². The van der Waals surface area contributed by atoms with Crippen LogP contribution in [0.3, 0.4) is 0 Å². The summed E-state index contributed by atoms with van der Waals surface area (Å²) >= 11 is 0. The molecule has 2 aliphatic rings. The molecule has 1 saturated carbocycles. The highest BCUT2D eigenvalue weighted by Gasteiger charge is 2.47. The van der Waals surface area contributed by atoms with Crippen molar-refractivity contribution in [2.24, 2.45) is 5.92 Å². The number of hydrogen-bond acceptors (Lipinski definition) is 3. The third-order valence-electron chi connectivity index (χ3n) is 2.86. The molecule has 1 aliphatic heterocycles. The summed E-state index contributed by atoms with van der Waals surface area (Å²) in [7, 11) is 0. The zero-order valence-corrected chi connectivity index (χ0v) is 7.12. The van der Waals surface area contributed by atoms with E-state index in [1.165, 1.54) is 0 Å². The third kappa shape index (κ3) is 1.17. The molecule has 0 bridgehead atoms. The zero-order chi connectivity index (χ0) is 8.44. The number of carbonyl (C=O) groups excluding carboxylic acids is 1. The highest BCUT2D eigenvalue weighted by atomic mass is 16.7. The van der Waals surface area contributed by atoms with Gasteiger partial charge >= 0.3 is 0 Å². The summed E-state index contributed by atoms with van der Waals surface area (Å²) < 4.78 is 11.2. The fraction of sp³-hybridized carbons (Fsp3) is 0.889. The molecule has 12 heavy (non-hydrogen) atoms. The molecule has 0 aromatic rings. The van der Waals surface area contributed by atoms with E-state index in [-0.39, 0.29) is 5.79 Å². The molecule has 0 amide bonds. The maximum atomic E-state index is 10.4. The molecule has 0 radical (unpaired) electrons. The summed E-state index contributed by atoms with van der Waals surface area (Å²) in [6, 6.07) is 0. The molecule has 2 rings (SSSR count). The summed E-state index contributed by atoms with van der Waals surface area (Å²) in [5, 5.41) is 0. The summed E-state index contributed by atoms with van der Waals surface area (Å²) in [5.41, 5.74) is 0. The molecule has 1 atom stereocenters. The zero-order valence-electron chi connectivity index (χ0n) is 7.12. The first-order chi connectivity index (χ1) is 5.87. The number of carbonyl (C=O) groups is 1. The Bertz CT molecular complexity index is 167. The quantitative estimate of drug-likeness (QED) is 0.582. The lowest BCUT2D eigenvalue weighted by molar-refractivity contribution is -0.182. The van der Waals surface area contributed by atoms with Gasteiger partial charge in [-0.1, -0.05) is 0 Å². The minimum Gasteiger partial charge on any atom is -0.347 e. The van der Waals surface area contributed by atoms with Crippen LogP contribution >= 0.6 is 0 Å². The highest BCUT2D eigenvalue weighted by molar-refractivity contribution is 5.50. The number of aldehydes is 1. The van der Waals surface area contributed by atoms with Crippen molar-refractivity contribution in [1.29, 1.82) is 0 Å². The van der Waals surface area contributed by atoms with Gasteiger partial charge in [0.1, 0.15) is 6.29 Å². The van der Waals surface area contributed by atoms with Gasteiger partial charge in [-0.25, -0.2) is 0 Å². The van der Waals surface area contributed by atoms with E-state index in [1.54, 1.807) is 0 Å². The molecule has 68 valence electrons. The van der Waals surface area contributed by atoms with Crippen LogP contribution in [0.4, 0.5) is 0 Å². The van der Waals surface area contributed by atoms with Gasteiger partial charge in [0, 0.05) is 18.8 Å². The van der Waals surface area contributed by atoms with Gasteiger partial charge in [-0.3, -0.25) is 0 Å². The van der Waals surface area contributed by atoms with Gasteiger partial charge < -0.3 is 14.3 Å². The van der Waals surface area contributed by atoms with E-state index in [4.69, 9.17) is 9.47 Å². The fourth-order valence-corrected chi connectivity index (χ4v) is 2.28. The lowest BCUT2D eigenvalue weighted by Gasteiger charge is -2.27. The second-order valence-corrected chi connectivity index (χ2v) is 3.50. The smallest absolute Gasteiger partial charge is 0.171 e. The average molecular weight is 170 g/mol. The van der Waals surface area contributed by atoms with E-state index in [0.717, 1.165) is 25.5 Å². The van der Waals surface area contributed by atoms with Crippen molar-refractivity contribution in [3.05, 3.63) is 0 Å². The lowest BCUT2D eigenvalue weighted by Crippen LogP contribution is -2.34. The SMILES string of the molecule is O=CCC1CCCC12OCCO2. The van der Waals surface area contributed by atoms with Crippen LogP contribution in [0.15, 0.2) is 0 Å². The Hall–Kier alpha value is -0.410. The van der Waals surface area contributed by atoms with Gasteiger partial charge in [0.15, 0.2) is 5.79 Å². The van der Waals surface area contributed by atoms with E-state index in [0.29, 0.717) is 25.6 Å². The van der Waals surface area contributed by atoms with Gasteiger partial charge in [-0.2, -0.15) is 0 Å². The van der Waals surface area contributed by atoms with Crippen LogP contribution in [0.2, 0.25) is 0 Å². The fourth-order valence-electron chi connectivity index (χ4n) is 2.28. The maximum absolute atomic E-state index is 10.4. The molecule has 1 saturated heterocycles. The van der Waals surface area contributed by atoms with Crippen LogP contribution in [0.5, 0.6) is 0 Å². The molecule has 3 heteroatoms. The summed E-state index contributed by atoms with van der Waals surface area (Å²) in [5.74, 6) is -0.0709. The van der Waals surface area contributed by atoms with Crippen molar-refractivity contribution in [2.75, 3.05) is 13.2 Å². The standard InChI is InChI=1S/C9H14O3/c10-5-3-8-2-1-4-9(8)11-6-7-12-9/h5,8H,1-4,6-7H2. The van der Waals surface area contributed by atoms with E-state index in [1.807, 2.05) is 0 Å². The normalized spacial score (nSPS) is 32.8. The summed E-state index contributed by atoms with van der Waals surface area (Å²) in [6.45, 7) is 1.38. The minimum atomic E-state index is -0.374. The van der Waals surface area contributed by atoms with E-state index < -0.39 is 0 Å². The number of hydrogen-bond donors (Lipinski definition) is 0. The molecule has 0 aromatic heterocycles. The molecule has 1 unspecified atom stereocenters. The van der Waals surface area contributed by atoms with Gasteiger partial charge in [0.05, 0.1) is 13.2 Å². The Balaban J connectivity index is 2.06. The lowest BCUT2D eigenvalue weighted by atomic mass is 9.99. The highest BCUT2D eigenvalue weighted by Crippen LogP contribution is 2.43. The van der Waals surface area contributed by atoms with Crippen LogP contribution in [0.1, 0.15) is 25.7 Å². The van der Waals surface area contributed by atoms with Gasteiger partial charge in [0.2, 0.25) is 0 Å². The van der Waals surface area contributed by atoms with E-state index in [2.05, 4.69) is 0 Å². The van der Waals surface area contributed by atoms with Crippen LogP contribution in [-0.4, -0.2) is 25.3 Å². The Labute approximate surface area is 72.0 Å². The van der Waals surface area contributed by atoms with Gasteiger partial charge in [-0.15, -0.1) is 0 Å². The minimum absolute atomic E-state index is 0.303. The largest absolute Gasteiger partial charge is 0.347 e. The molecule has 3 nitrogen and oxygen atoms in total. The first kappa shape index (κ1) is 8.20. The van der Waals surface area contributed by atoms with Gasteiger partial charge in [-0.05, 0) is 12.8 Å². The van der Waals surface area contributed by atoms with Crippen molar-refractivity contribution < 1.29 is 14.3 Å². The predicted molar refractivity (Wildman–Crippen MR) is 42.7 cm³/mol. The second kappa shape index (κ2) is 3.15. The van der Waals surface area contributed by atoms with Crippen molar-refractivity contribution in [3.8, 4) is 0 Å². The Kier molecular flexibility index (Phi) is 2.15. The first-order valence-electron chi connectivity index (χ1n) is 4.59. The van der Waals surface area contributed by atoms with Crippen LogP contribution in [0.25, 0.3) is 0 Å². The van der Waals surface area contributed by atoms with Crippen molar-refractivity contribution in [2.45, 2.75) is 31.5 Å². The summed E-state index contributed by atoms with van der Waals surface area (Å²) in [4.78, 5) is 10.4. The van der Waals surface area contributed by atoms with E-state index >= 15 is 0 Å². The van der Waals surface area contributed by atoms with Crippen LogP contribution in [0, 0.1) is 5.92 Å². The Morgan fingerprint density at radius 3 is 2.83 bits per heavy atom. The van der Waals surface area contributed by atoms with Crippen LogP contribution in [-0.2, 0) is 14.3 Å². The molecular weight excluding hydrogens is 156 g/mol.